The third kappa shape index (κ3) is 4.88. The van der Waals surface area contributed by atoms with Gasteiger partial charge in [-0.1, -0.05) is 30.7 Å². The molecule has 152 valence electrons. The summed E-state index contributed by atoms with van der Waals surface area (Å²) in [5, 5.41) is 2.99. The number of carbonyl (C=O) groups excluding carboxylic acids is 1. The van der Waals surface area contributed by atoms with Crippen molar-refractivity contribution >= 4 is 38.9 Å². The summed E-state index contributed by atoms with van der Waals surface area (Å²) in [7, 11) is -0.823. The van der Waals surface area contributed by atoms with Crippen molar-refractivity contribution in [1.29, 1.82) is 0 Å². The number of rotatable bonds is 8. The summed E-state index contributed by atoms with van der Waals surface area (Å²) in [4.78, 5) is 13.0. The summed E-state index contributed by atoms with van der Waals surface area (Å²) in [5.41, 5.74) is 0.727. The number of anilines is 2. The molecule has 0 aromatic heterocycles. The van der Waals surface area contributed by atoms with Crippen molar-refractivity contribution in [3.8, 4) is 11.5 Å². The van der Waals surface area contributed by atoms with Gasteiger partial charge in [0.2, 0.25) is 15.9 Å². The minimum Gasteiger partial charge on any atom is -0.495 e. The summed E-state index contributed by atoms with van der Waals surface area (Å²) in [6.07, 6.45) is 1.29. The lowest BCUT2D eigenvalue weighted by atomic mass is 10.1. The SMILES string of the molecule is CC[C@@H](C(=O)Nc1ccccc1OC)N(c1ccc(OC)c(Cl)c1)S(C)(=O)=O. The molecule has 0 aliphatic rings. The number of carbonyl (C=O) groups is 1. The van der Waals surface area contributed by atoms with E-state index in [-0.39, 0.29) is 17.1 Å². The van der Waals surface area contributed by atoms with E-state index >= 15 is 0 Å². The molecule has 0 aliphatic carbocycles. The minimum atomic E-state index is -3.78. The summed E-state index contributed by atoms with van der Waals surface area (Å²) in [5.74, 6) is 0.402. The first-order valence-electron chi connectivity index (χ1n) is 8.49. The molecule has 7 nitrogen and oxygen atoms in total. The fourth-order valence-corrected chi connectivity index (χ4v) is 4.27. The van der Waals surface area contributed by atoms with E-state index in [4.69, 9.17) is 21.1 Å². The van der Waals surface area contributed by atoms with Gasteiger partial charge in [-0.2, -0.15) is 0 Å². The van der Waals surface area contributed by atoms with Gasteiger partial charge in [0, 0.05) is 0 Å². The Bertz CT molecular complexity index is 949. The van der Waals surface area contributed by atoms with Crippen LogP contribution in [0.5, 0.6) is 11.5 Å². The number of para-hydroxylation sites is 2. The predicted molar refractivity (Wildman–Crippen MR) is 111 cm³/mol. The predicted octanol–water partition coefficient (Wildman–Crippen LogP) is 3.54. The maximum absolute atomic E-state index is 13.0. The fraction of sp³-hybridized carbons (Fsp3) is 0.316. The van der Waals surface area contributed by atoms with Crippen LogP contribution in [0.1, 0.15) is 13.3 Å². The van der Waals surface area contributed by atoms with Crippen LogP contribution in [0.15, 0.2) is 42.5 Å². The van der Waals surface area contributed by atoms with Crippen LogP contribution < -0.4 is 19.1 Å². The lowest BCUT2D eigenvalue weighted by molar-refractivity contribution is -0.117. The largest absolute Gasteiger partial charge is 0.495 e. The van der Waals surface area contributed by atoms with Crippen LogP contribution in [-0.4, -0.2) is 40.8 Å². The standard InChI is InChI=1S/C19H23ClN2O5S/c1-5-16(19(23)21-15-8-6-7-9-18(15)27-3)22(28(4,24)25)13-10-11-17(26-2)14(20)12-13/h6-12,16H,5H2,1-4H3,(H,21,23)/t16-/m0/s1. The van der Waals surface area contributed by atoms with Crippen LogP contribution in [0, 0.1) is 0 Å². The van der Waals surface area contributed by atoms with E-state index in [1.807, 2.05) is 0 Å². The Morgan fingerprint density at radius 3 is 2.32 bits per heavy atom. The molecule has 28 heavy (non-hydrogen) atoms. The lowest BCUT2D eigenvalue weighted by Crippen LogP contribution is -2.47. The molecule has 1 amide bonds. The van der Waals surface area contributed by atoms with Gasteiger partial charge < -0.3 is 14.8 Å². The van der Waals surface area contributed by atoms with Gasteiger partial charge in [-0.25, -0.2) is 8.42 Å². The highest BCUT2D eigenvalue weighted by molar-refractivity contribution is 7.92. The fourth-order valence-electron chi connectivity index (χ4n) is 2.82. The van der Waals surface area contributed by atoms with E-state index in [1.165, 1.54) is 20.3 Å². The average Bonchev–Trinajstić information content (AvgIpc) is 2.65. The van der Waals surface area contributed by atoms with E-state index < -0.39 is 22.0 Å². The number of hydrogen-bond donors (Lipinski definition) is 1. The Hall–Kier alpha value is -2.45. The van der Waals surface area contributed by atoms with E-state index in [9.17, 15) is 13.2 Å². The van der Waals surface area contributed by atoms with Gasteiger partial charge in [0.1, 0.15) is 17.5 Å². The molecular formula is C19H23ClN2O5S. The van der Waals surface area contributed by atoms with E-state index in [1.54, 1.807) is 43.3 Å². The third-order valence-corrected chi connectivity index (χ3v) is 5.56. The highest BCUT2D eigenvalue weighted by Crippen LogP contribution is 2.32. The third-order valence-electron chi connectivity index (χ3n) is 4.08. The molecule has 0 bridgehead atoms. The number of ether oxygens (including phenoxy) is 2. The van der Waals surface area contributed by atoms with Crippen LogP contribution in [0.4, 0.5) is 11.4 Å². The van der Waals surface area contributed by atoms with Crippen LogP contribution >= 0.6 is 11.6 Å². The Kier molecular flexibility index (Phi) is 7.15. The second-order valence-electron chi connectivity index (χ2n) is 5.99. The molecule has 2 rings (SSSR count). The van der Waals surface area contributed by atoms with Crippen molar-refractivity contribution < 1.29 is 22.7 Å². The molecule has 0 unspecified atom stereocenters. The van der Waals surface area contributed by atoms with E-state index in [0.29, 0.717) is 17.2 Å². The number of amides is 1. The number of nitrogens with zero attached hydrogens (tertiary/aromatic N) is 1. The molecular weight excluding hydrogens is 404 g/mol. The first-order chi connectivity index (χ1) is 13.2. The molecule has 0 saturated heterocycles. The van der Waals surface area contributed by atoms with Gasteiger partial charge in [0.15, 0.2) is 0 Å². The van der Waals surface area contributed by atoms with Crippen molar-refractivity contribution in [1.82, 2.24) is 0 Å². The Morgan fingerprint density at radius 1 is 1.14 bits per heavy atom. The Balaban J connectivity index is 2.43. The molecule has 0 fully saturated rings. The van der Waals surface area contributed by atoms with Gasteiger partial charge >= 0.3 is 0 Å². The topological polar surface area (TPSA) is 84.9 Å². The Labute approximate surface area is 170 Å². The zero-order valence-electron chi connectivity index (χ0n) is 16.1. The number of nitrogens with one attached hydrogen (secondary N) is 1. The van der Waals surface area contributed by atoms with Gasteiger partial charge in [0.25, 0.3) is 0 Å². The first-order valence-corrected chi connectivity index (χ1v) is 10.7. The van der Waals surface area contributed by atoms with Gasteiger partial charge in [-0.15, -0.1) is 0 Å². The van der Waals surface area contributed by atoms with Crippen LogP contribution in [0.25, 0.3) is 0 Å². The molecule has 1 N–H and O–H groups in total. The van der Waals surface area contributed by atoms with Crippen molar-refractivity contribution in [2.75, 3.05) is 30.1 Å². The van der Waals surface area contributed by atoms with Gasteiger partial charge in [0.05, 0.1) is 36.9 Å². The van der Waals surface area contributed by atoms with Gasteiger partial charge in [-0.3, -0.25) is 9.10 Å². The summed E-state index contributed by atoms with van der Waals surface area (Å²) < 4.78 is 36.5. The quantitative estimate of drug-likeness (QED) is 0.697. The highest BCUT2D eigenvalue weighted by atomic mass is 35.5. The van der Waals surface area contributed by atoms with Crippen molar-refractivity contribution in [2.45, 2.75) is 19.4 Å². The molecule has 0 saturated carbocycles. The maximum atomic E-state index is 13.0. The molecule has 0 radical (unpaired) electrons. The number of benzene rings is 2. The van der Waals surface area contributed by atoms with Crippen LogP contribution in [-0.2, 0) is 14.8 Å². The highest BCUT2D eigenvalue weighted by Gasteiger charge is 2.32. The number of halogens is 1. The number of sulfonamides is 1. The normalized spacial score (nSPS) is 12.2. The average molecular weight is 427 g/mol. The molecule has 2 aromatic rings. The number of hydrogen-bond acceptors (Lipinski definition) is 5. The minimum absolute atomic E-state index is 0.244. The Morgan fingerprint density at radius 2 is 1.79 bits per heavy atom. The first kappa shape index (κ1) is 21.8. The molecule has 0 spiro atoms. The second kappa shape index (κ2) is 9.16. The van der Waals surface area contributed by atoms with Crippen molar-refractivity contribution in [3.63, 3.8) is 0 Å². The zero-order chi connectivity index (χ0) is 20.9. The molecule has 0 aliphatic heterocycles. The summed E-state index contributed by atoms with van der Waals surface area (Å²) >= 11 is 6.16. The smallest absolute Gasteiger partial charge is 0.248 e. The van der Waals surface area contributed by atoms with Crippen LogP contribution in [0.3, 0.4) is 0 Å². The maximum Gasteiger partial charge on any atom is 0.248 e. The van der Waals surface area contributed by atoms with Crippen molar-refractivity contribution in [3.05, 3.63) is 47.5 Å². The summed E-state index contributed by atoms with van der Waals surface area (Å²) in [6.45, 7) is 1.73. The van der Waals surface area contributed by atoms with Crippen LogP contribution in [0.2, 0.25) is 5.02 Å². The lowest BCUT2D eigenvalue weighted by Gasteiger charge is -2.30. The molecule has 1 atom stereocenters. The molecule has 9 heteroatoms. The molecule has 0 heterocycles. The zero-order valence-corrected chi connectivity index (χ0v) is 17.7. The van der Waals surface area contributed by atoms with E-state index in [0.717, 1.165) is 10.6 Å². The second-order valence-corrected chi connectivity index (χ2v) is 8.26. The van der Waals surface area contributed by atoms with E-state index in [2.05, 4.69) is 5.32 Å². The molecule has 2 aromatic carbocycles. The monoisotopic (exact) mass is 426 g/mol. The summed E-state index contributed by atoms with van der Waals surface area (Å²) in [6, 6.07) is 10.5. The number of methoxy groups -OCH3 is 2. The van der Waals surface area contributed by atoms with Crippen molar-refractivity contribution in [2.24, 2.45) is 0 Å². The van der Waals surface area contributed by atoms with Gasteiger partial charge in [-0.05, 0) is 36.8 Å².